The smallest absolute Gasteiger partial charge is 0.281 e. The van der Waals surface area contributed by atoms with Crippen LogP contribution in [-0.4, -0.2) is 14.5 Å². The lowest BCUT2D eigenvalue weighted by Gasteiger charge is -2.14. The standard InChI is InChI=1S/C22H18F3N3OS2/c1-13-14(2)31-19-18(13)20(29)28(11-16-8-5-6-10-26-16)21(27-19)30-12-15-7-3-4-9-17(15)22(23,24)25/h3-10H,11-12H2,1-2H3. The second kappa shape index (κ2) is 8.47. The summed E-state index contributed by atoms with van der Waals surface area (Å²) in [5.41, 5.74) is 0.825. The number of hydrogen-bond donors (Lipinski definition) is 0. The van der Waals surface area contributed by atoms with Crippen LogP contribution >= 0.6 is 23.1 Å². The zero-order valence-corrected chi connectivity index (χ0v) is 18.4. The summed E-state index contributed by atoms with van der Waals surface area (Å²) in [6.07, 6.45) is -2.80. The van der Waals surface area contributed by atoms with Crippen LogP contribution in [0, 0.1) is 13.8 Å². The summed E-state index contributed by atoms with van der Waals surface area (Å²) in [5.74, 6) is 0.0409. The second-order valence-corrected chi connectivity index (χ2v) is 9.16. The molecule has 160 valence electrons. The van der Waals surface area contributed by atoms with Crippen LogP contribution in [0.25, 0.3) is 10.2 Å². The van der Waals surface area contributed by atoms with E-state index in [-0.39, 0.29) is 23.4 Å². The number of aromatic nitrogens is 3. The molecule has 0 saturated heterocycles. The van der Waals surface area contributed by atoms with Crippen molar-refractivity contribution in [2.75, 3.05) is 0 Å². The number of hydrogen-bond acceptors (Lipinski definition) is 5. The summed E-state index contributed by atoms with van der Waals surface area (Å²) in [6, 6.07) is 10.9. The fourth-order valence-electron chi connectivity index (χ4n) is 3.28. The molecule has 0 unspecified atom stereocenters. The molecule has 0 spiro atoms. The van der Waals surface area contributed by atoms with Crippen LogP contribution in [0.1, 0.15) is 27.3 Å². The van der Waals surface area contributed by atoms with Gasteiger partial charge in [0.15, 0.2) is 5.16 Å². The Morgan fingerprint density at radius 3 is 2.55 bits per heavy atom. The van der Waals surface area contributed by atoms with Crippen molar-refractivity contribution < 1.29 is 13.2 Å². The zero-order chi connectivity index (χ0) is 22.2. The summed E-state index contributed by atoms with van der Waals surface area (Å²) in [4.78, 5) is 23.9. The van der Waals surface area contributed by atoms with Crippen molar-refractivity contribution in [1.82, 2.24) is 14.5 Å². The molecule has 0 saturated carbocycles. The van der Waals surface area contributed by atoms with E-state index in [1.54, 1.807) is 24.4 Å². The van der Waals surface area contributed by atoms with Gasteiger partial charge in [0.25, 0.3) is 5.56 Å². The highest BCUT2D eigenvalue weighted by Crippen LogP contribution is 2.35. The Labute approximate surface area is 184 Å². The second-order valence-electron chi connectivity index (χ2n) is 7.01. The van der Waals surface area contributed by atoms with Gasteiger partial charge in [0, 0.05) is 16.8 Å². The molecule has 3 aromatic heterocycles. The van der Waals surface area contributed by atoms with Crippen LogP contribution in [0.3, 0.4) is 0 Å². The van der Waals surface area contributed by atoms with Crippen molar-refractivity contribution in [3.8, 4) is 0 Å². The highest BCUT2D eigenvalue weighted by molar-refractivity contribution is 7.98. The third-order valence-electron chi connectivity index (χ3n) is 4.98. The largest absolute Gasteiger partial charge is 0.416 e. The topological polar surface area (TPSA) is 47.8 Å². The molecule has 1 aromatic carbocycles. The zero-order valence-electron chi connectivity index (χ0n) is 16.7. The Bertz CT molecular complexity index is 1300. The van der Waals surface area contributed by atoms with Crippen LogP contribution in [0.4, 0.5) is 13.2 Å². The number of pyridine rings is 1. The van der Waals surface area contributed by atoms with E-state index in [0.717, 1.165) is 28.3 Å². The average molecular weight is 462 g/mol. The fraction of sp³-hybridized carbons (Fsp3) is 0.227. The van der Waals surface area contributed by atoms with Gasteiger partial charge in [0.2, 0.25) is 0 Å². The molecule has 0 fully saturated rings. The van der Waals surface area contributed by atoms with Crippen LogP contribution in [0.15, 0.2) is 58.6 Å². The molecular formula is C22H18F3N3OS2. The molecule has 0 aliphatic heterocycles. The number of alkyl halides is 3. The lowest BCUT2D eigenvalue weighted by Crippen LogP contribution is -2.24. The summed E-state index contributed by atoms with van der Waals surface area (Å²) in [5, 5.41) is 0.930. The van der Waals surface area contributed by atoms with Crippen LogP contribution in [-0.2, 0) is 18.5 Å². The van der Waals surface area contributed by atoms with Gasteiger partial charge >= 0.3 is 6.18 Å². The van der Waals surface area contributed by atoms with E-state index in [2.05, 4.69) is 9.97 Å². The quantitative estimate of drug-likeness (QED) is 0.277. The van der Waals surface area contributed by atoms with E-state index in [1.165, 1.54) is 28.0 Å². The summed E-state index contributed by atoms with van der Waals surface area (Å²) in [7, 11) is 0. The summed E-state index contributed by atoms with van der Waals surface area (Å²) in [6.45, 7) is 4.01. The van der Waals surface area contributed by atoms with Gasteiger partial charge in [0.05, 0.1) is 23.2 Å². The number of nitrogens with zero attached hydrogens (tertiary/aromatic N) is 3. The molecule has 31 heavy (non-hydrogen) atoms. The molecule has 0 radical (unpaired) electrons. The summed E-state index contributed by atoms with van der Waals surface area (Å²) >= 11 is 2.54. The first-order valence-electron chi connectivity index (χ1n) is 9.44. The van der Waals surface area contributed by atoms with E-state index in [4.69, 9.17) is 0 Å². The van der Waals surface area contributed by atoms with E-state index in [1.807, 2.05) is 19.9 Å². The van der Waals surface area contributed by atoms with Gasteiger partial charge in [-0.2, -0.15) is 13.2 Å². The molecule has 9 heteroatoms. The maximum absolute atomic E-state index is 13.4. The fourth-order valence-corrected chi connectivity index (χ4v) is 5.35. The molecule has 0 N–H and O–H groups in total. The number of aryl methyl sites for hydroxylation is 2. The highest BCUT2D eigenvalue weighted by Gasteiger charge is 2.33. The first-order valence-corrected chi connectivity index (χ1v) is 11.2. The Morgan fingerprint density at radius 2 is 1.84 bits per heavy atom. The van der Waals surface area contributed by atoms with Crippen molar-refractivity contribution >= 4 is 33.3 Å². The number of halogens is 3. The number of rotatable bonds is 5. The van der Waals surface area contributed by atoms with Gasteiger partial charge in [-0.25, -0.2) is 4.98 Å². The minimum Gasteiger partial charge on any atom is -0.281 e. The van der Waals surface area contributed by atoms with Crippen molar-refractivity contribution in [2.24, 2.45) is 0 Å². The molecule has 4 rings (SSSR count). The first kappa shape index (κ1) is 21.6. The molecule has 0 atom stereocenters. The van der Waals surface area contributed by atoms with Crippen LogP contribution in [0.2, 0.25) is 0 Å². The molecule has 0 aliphatic carbocycles. The lowest BCUT2D eigenvalue weighted by atomic mass is 10.1. The first-order chi connectivity index (χ1) is 14.8. The third kappa shape index (κ3) is 4.38. The van der Waals surface area contributed by atoms with Gasteiger partial charge in [-0.3, -0.25) is 14.3 Å². The molecule has 0 bridgehead atoms. The van der Waals surface area contributed by atoms with Crippen molar-refractivity contribution in [2.45, 2.75) is 37.5 Å². The molecular weight excluding hydrogens is 443 g/mol. The monoisotopic (exact) mass is 461 g/mol. The van der Waals surface area contributed by atoms with Gasteiger partial charge in [-0.1, -0.05) is 36.0 Å². The van der Waals surface area contributed by atoms with Gasteiger partial charge in [0.1, 0.15) is 4.83 Å². The number of benzene rings is 1. The Morgan fingerprint density at radius 1 is 1.10 bits per heavy atom. The SMILES string of the molecule is Cc1sc2nc(SCc3ccccc3C(F)(F)F)n(Cc3ccccn3)c(=O)c2c1C. The Hall–Kier alpha value is -2.65. The van der Waals surface area contributed by atoms with Crippen molar-refractivity contribution in [1.29, 1.82) is 0 Å². The number of thioether (sulfide) groups is 1. The minimum absolute atomic E-state index is 0.0409. The maximum Gasteiger partial charge on any atom is 0.416 e. The number of thiophene rings is 1. The van der Waals surface area contributed by atoms with Gasteiger partial charge in [-0.05, 0) is 43.2 Å². The van der Waals surface area contributed by atoms with E-state index < -0.39 is 11.7 Å². The third-order valence-corrected chi connectivity index (χ3v) is 7.11. The van der Waals surface area contributed by atoms with Gasteiger partial charge < -0.3 is 0 Å². The van der Waals surface area contributed by atoms with Crippen molar-refractivity contribution in [3.63, 3.8) is 0 Å². The highest BCUT2D eigenvalue weighted by atomic mass is 32.2. The normalized spacial score (nSPS) is 11.9. The minimum atomic E-state index is -4.44. The van der Waals surface area contributed by atoms with Crippen LogP contribution < -0.4 is 5.56 Å². The molecule has 0 aliphatic rings. The van der Waals surface area contributed by atoms with E-state index >= 15 is 0 Å². The predicted molar refractivity (Wildman–Crippen MR) is 118 cm³/mol. The molecule has 3 heterocycles. The molecule has 4 aromatic rings. The van der Waals surface area contributed by atoms with Crippen LogP contribution in [0.5, 0.6) is 0 Å². The van der Waals surface area contributed by atoms with E-state index in [9.17, 15) is 18.0 Å². The van der Waals surface area contributed by atoms with Gasteiger partial charge in [-0.15, -0.1) is 11.3 Å². The average Bonchev–Trinajstić information content (AvgIpc) is 3.03. The Kier molecular flexibility index (Phi) is 5.90. The summed E-state index contributed by atoms with van der Waals surface area (Å²) < 4.78 is 41.6. The predicted octanol–water partition coefficient (Wildman–Crippen LogP) is 5.83. The molecule has 4 nitrogen and oxygen atoms in total. The van der Waals surface area contributed by atoms with Crippen molar-refractivity contribution in [3.05, 3.63) is 86.3 Å². The maximum atomic E-state index is 13.4. The molecule has 0 amide bonds. The van der Waals surface area contributed by atoms with E-state index in [0.29, 0.717) is 21.1 Å². The Balaban J connectivity index is 1.78. The number of fused-ring (bicyclic) bond motifs is 1. The lowest BCUT2D eigenvalue weighted by molar-refractivity contribution is -0.138.